The number of anilines is 1. The van der Waals surface area contributed by atoms with Crippen molar-refractivity contribution in [3.63, 3.8) is 0 Å². The van der Waals surface area contributed by atoms with Gasteiger partial charge in [-0.2, -0.15) is 0 Å². The van der Waals surface area contributed by atoms with E-state index in [1.165, 1.54) is 0 Å². The lowest BCUT2D eigenvalue weighted by Gasteiger charge is -2.10. The molecule has 5 nitrogen and oxygen atoms in total. The molecule has 1 aromatic carbocycles. The molecule has 19 heavy (non-hydrogen) atoms. The molecular weight excluding hydrogens is 238 g/mol. The predicted octanol–water partition coefficient (Wildman–Crippen LogP) is 1.95. The van der Waals surface area contributed by atoms with Gasteiger partial charge in [0, 0.05) is 17.3 Å². The summed E-state index contributed by atoms with van der Waals surface area (Å²) in [6.45, 7) is 7.04. The molecule has 1 heterocycles. The highest BCUT2D eigenvalue weighted by Crippen LogP contribution is 2.19. The Labute approximate surface area is 111 Å². The Morgan fingerprint density at radius 1 is 1.26 bits per heavy atom. The van der Waals surface area contributed by atoms with Crippen molar-refractivity contribution >= 4 is 23.3 Å². The fraction of sp³-hybridized carbons (Fsp3) is 0. The molecule has 0 fully saturated rings. The van der Waals surface area contributed by atoms with Gasteiger partial charge in [0.25, 0.3) is 0 Å². The molecule has 0 aliphatic rings. The summed E-state index contributed by atoms with van der Waals surface area (Å²) in [7, 11) is 0. The Morgan fingerprint density at radius 2 is 2.05 bits per heavy atom. The quantitative estimate of drug-likeness (QED) is 0.574. The third-order valence-corrected chi connectivity index (χ3v) is 2.62. The van der Waals surface area contributed by atoms with E-state index in [0.717, 1.165) is 16.6 Å². The molecule has 0 radical (unpaired) electrons. The predicted molar refractivity (Wildman–Crippen MR) is 79.5 cm³/mol. The van der Waals surface area contributed by atoms with Crippen LogP contribution in [0.5, 0.6) is 0 Å². The fourth-order valence-corrected chi connectivity index (χ4v) is 1.63. The Morgan fingerprint density at radius 3 is 2.74 bits per heavy atom. The molecule has 0 aliphatic carbocycles. The van der Waals surface area contributed by atoms with Gasteiger partial charge in [-0.1, -0.05) is 12.6 Å². The summed E-state index contributed by atoms with van der Waals surface area (Å²) in [4.78, 5) is 8.07. The number of aromatic nitrogens is 1. The number of pyridine rings is 1. The zero-order valence-corrected chi connectivity index (χ0v) is 10.4. The maximum atomic E-state index is 5.78. The molecule has 0 aliphatic heterocycles. The van der Waals surface area contributed by atoms with Crippen LogP contribution in [0, 0.1) is 0 Å². The SMILES string of the molecule is C=N/C(Nc1ccc2ncccc2c1)=C(\N)C(=C)N. The second-order valence-corrected chi connectivity index (χ2v) is 3.98. The van der Waals surface area contributed by atoms with E-state index in [9.17, 15) is 0 Å². The monoisotopic (exact) mass is 253 g/mol. The number of nitrogens with two attached hydrogens (primary N) is 2. The van der Waals surface area contributed by atoms with Gasteiger partial charge in [0.1, 0.15) is 0 Å². The molecule has 0 atom stereocenters. The van der Waals surface area contributed by atoms with E-state index in [-0.39, 0.29) is 11.4 Å². The molecule has 0 bridgehead atoms. The Kier molecular flexibility index (Phi) is 3.47. The van der Waals surface area contributed by atoms with Crippen molar-refractivity contribution in [2.24, 2.45) is 16.5 Å². The summed E-state index contributed by atoms with van der Waals surface area (Å²) < 4.78 is 0. The van der Waals surface area contributed by atoms with Gasteiger partial charge in [-0.25, -0.2) is 4.99 Å². The summed E-state index contributed by atoms with van der Waals surface area (Å²) >= 11 is 0. The van der Waals surface area contributed by atoms with Crippen LogP contribution in [0.3, 0.4) is 0 Å². The average Bonchev–Trinajstić information content (AvgIpc) is 2.43. The van der Waals surface area contributed by atoms with Crippen LogP contribution in [0.1, 0.15) is 0 Å². The second-order valence-electron chi connectivity index (χ2n) is 3.98. The third kappa shape index (κ3) is 2.71. The van der Waals surface area contributed by atoms with E-state index in [1.54, 1.807) is 6.20 Å². The summed E-state index contributed by atoms with van der Waals surface area (Å²) in [6, 6.07) is 9.59. The molecular formula is C14H15N5. The lowest BCUT2D eigenvalue weighted by molar-refractivity contribution is 1.15. The van der Waals surface area contributed by atoms with Gasteiger partial charge in [-0.3, -0.25) is 4.98 Å². The summed E-state index contributed by atoms with van der Waals surface area (Å²) in [5, 5.41) is 4.07. The highest BCUT2D eigenvalue weighted by atomic mass is 15.0. The van der Waals surface area contributed by atoms with Crippen LogP contribution < -0.4 is 16.8 Å². The maximum absolute atomic E-state index is 5.78. The second kappa shape index (κ2) is 5.22. The van der Waals surface area contributed by atoms with Crippen LogP contribution >= 0.6 is 0 Å². The minimum Gasteiger partial charge on any atom is -0.397 e. The molecule has 2 aromatic rings. The molecule has 2 rings (SSSR count). The highest BCUT2D eigenvalue weighted by molar-refractivity contribution is 5.82. The first-order valence-corrected chi connectivity index (χ1v) is 5.65. The standard InChI is InChI=1S/C14H15N5/c1-9(15)13(16)14(17-2)19-11-5-6-12-10(8-11)4-3-7-18-12/h3-8,19H,1-2,15-16H2/b14-13+. The number of aliphatic imine (C=N–C) groups is 1. The Balaban J connectivity index is 2.37. The average molecular weight is 253 g/mol. The van der Waals surface area contributed by atoms with Crippen LogP contribution in [-0.4, -0.2) is 11.7 Å². The topological polar surface area (TPSA) is 89.3 Å². The molecule has 96 valence electrons. The summed E-state index contributed by atoms with van der Waals surface area (Å²) in [5.74, 6) is 0.385. The lowest BCUT2D eigenvalue weighted by atomic mass is 10.2. The largest absolute Gasteiger partial charge is 0.397 e. The molecule has 1 aromatic heterocycles. The number of hydrogen-bond acceptors (Lipinski definition) is 5. The van der Waals surface area contributed by atoms with Crippen molar-refractivity contribution in [1.29, 1.82) is 0 Å². The van der Waals surface area contributed by atoms with Gasteiger partial charge in [-0.15, -0.1) is 0 Å². The van der Waals surface area contributed by atoms with Gasteiger partial charge < -0.3 is 16.8 Å². The minimum atomic E-state index is 0.248. The van der Waals surface area contributed by atoms with Gasteiger partial charge in [0.2, 0.25) is 0 Å². The normalized spacial score (nSPS) is 11.8. The smallest absolute Gasteiger partial charge is 0.155 e. The van der Waals surface area contributed by atoms with E-state index < -0.39 is 0 Å². The minimum absolute atomic E-state index is 0.248. The van der Waals surface area contributed by atoms with Crippen molar-refractivity contribution in [3.05, 3.63) is 60.3 Å². The fourth-order valence-electron chi connectivity index (χ4n) is 1.63. The Bertz CT molecular complexity index is 672. The zero-order valence-electron chi connectivity index (χ0n) is 10.4. The molecule has 0 amide bonds. The van der Waals surface area contributed by atoms with Gasteiger partial charge in [0.15, 0.2) is 5.82 Å². The van der Waals surface area contributed by atoms with Crippen LogP contribution in [0.25, 0.3) is 10.9 Å². The van der Waals surface area contributed by atoms with Crippen LogP contribution in [0.4, 0.5) is 5.69 Å². The molecule has 0 unspecified atom stereocenters. The molecule has 0 saturated carbocycles. The van der Waals surface area contributed by atoms with Crippen molar-refractivity contribution in [1.82, 2.24) is 4.98 Å². The number of nitrogens with one attached hydrogen (secondary N) is 1. The highest BCUT2D eigenvalue weighted by Gasteiger charge is 2.04. The number of benzene rings is 1. The van der Waals surface area contributed by atoms with E-state index in [0.29, 0.717) is 5.82 Å². The third-order valence-electron chi connectivity index (χ3n) is 2.62. The number of nitrogens with zero attached hydrogens (tertiary/aromatic N) is 2. The Hall–Kier alpha value is -2.82. The molecule has 5 N–H and O–H groups in total. The zero-order chi connectivity index (χ0) is 13.8. The molecule has 0 spiro atoms. The van der Waals surface area contributed by atoms with Crippen LogP contribution in [0.2, 0.25) is 0 Å². The van der Waals surface area contributed by atoms with Gasteiger partial charge >= 0.3 is 0 Å². The maximum Gasteiger partial charge on any atom is 0.155 e. The van der Waals surface area contributed by atoms with Gasteiger partial charge in [-0.05, 0) is 31.0 Å². The molecule has 5 heteroatoms. The summed E-state index contributed by atoms with van der Waals surface area (Å²) in [5.41, 5.74) is 13.6. The van der Waals surface area contributed by atoms with Crippen molar-refractivity contribution in [2.45, 2.75) is 0 Å². The molecule has 0 saturated heterocycles. The van der Waals surface area contributed by atoms with E-state index in [4.69, 9.17) is 11.5 Å². The lowest BCUT2D eigenvalue weighted by Crippen LogP contribution is -2.14. The van der Waals surface area contributed by atoms with E-state index >= 15 is 0 Å². The first-order valence-electron chi connectivity index (χ1n) is 5.65. The first kappa shape index (κ1) is 12.6. The van der Waals surface area contributed by atoms with Crippen LogP contribution in [-0.2, 0) is 0 Å². The number of fused-ring (bicyclic) bond motifs is 1. The van der Waals surface area contributed by atoms with Crippen molar-refractivity contribution in [3.8, 4) is 0 Å². The number of rotatable bonds is 4. The van der Waals surface area contributed by atoms with Crippen molar-refractivity contribution < 1.29 is 0 Å². The first-order chi connectivity index (χ1) is 9.11. The summed E-state index contributed by atoms with van der Waals surface area (Å²) in [6.07, 6.45) is 1.75. The van der Waals surface area contributed by atoms with Crippen molar-refractivity contribution in [2.75, 3.05) is 5.32 Å². The van der Waals surface area contributed by atoms with E-state index in [1.807, 2.05) is 30.3 Å². The van der Waals surface area contributed by atoms with Gasteiger partial charge in [0.05, 0.1) is 16.9 Å². The number of hydrogen-bond donors (Lipinski definition) is 3. The van der Waals surface area contributed by atoms with E-state index in [2.05, 4.69) is 28.6 Å². The van der Waals surface area contributed by atoms with Crippen LogP contribution in [0.15, 0.2) is 65.3 Å².